The molecule has 0 aromatic heterocycles. The fraction of sp³-hybridized carbons (Fsp3) is 0.375. The number of benzene rings is 3. The number of carbonyl (C=O) groups excluding carboxylic acids is 2. The van der Waals surface area contributed by atoms with Gasteiger partial charge in [0.2, 0.25) is 11.8 Å². The monoisotopic (exact) mass is 645 g/mol. The summed E-state index contributed by atoms with van der Waals surface area (Å²) in [6.45, 7) is 7.14. The van der Waals surface area contributed by atoms with Gasteiger partial charge in [-0.1, -0.05) is 30.7 Å². The minimum atomic E-state index is -4.33. The van der Waals surface area contributed by atoms with Crippen LogP contribution in [0.1, 0.15) is 39.7 Å². The fourth-order valence-corrected chi connectivity index (χ4v) is 6.03. The van der Waals surface area contributed by atoms with Crippen LogP contribution in [0.25, 0.3) is 0 Å². The zero-order valence-corrected chi connectivity index (χ0v) is 27.4. The third-order valence-electron chi connectivity index (χ3n) is 7.07. The largest absolute Gasteiger partial charge is 0.494 e. The highest BCUT2D eigenvalue weighted by molar-refractivity contribution is 7.92. The minimum absolute atomic E-state index is 0.0298. The number of anilines is 1. The summed E-state index contributed by atoms with van der Waals surface area (Å²) in [5, 5.41) is 3.39. The Bertz CT molecular complexity index is 1530. The van der Waals surface area contributed by atoms with Gasteiger partial charge in [0, 0.05) is 23.7 Å². The lowest BCUT2D eigenvalue weighted by molar-refractivity contribution is -0.139. The van der Waals surface area contributed by atoms with Gasteiger partial charge in [-0.15, -0.1) is 0 Å². The lowest BCUT2D eigenvalue weighted by atomic mass is 10.1. The summed E-state index contributed by atoms with van der Waals surface area (Å²) >= 11 is 6.21. The van der Waals surface area contributed by atoms with Crippen molar-refractivity contribution in [2.45, 2.75) is 57.6 Å². The van der Waals surface area contributed by atoms with Crippen LogP contribution in [-0.2, 0) is 26.2 Å². The number of ether oxygens (including phenoxy) is 3. The Morgan fingerprint density at radius 2 is 1.61 bits per heavy atom. The van der Waals surface area contributed by atoms with Crippen LogP contribution in [0.4, 0.5) is 5.69 Å². The van der Waals surface area contributed by atoms with Crippen LogP contribution in [0, 0.1) is 0 Å². The molecule has 0 fully saturated rings. The van der Waals surface area contributed by atoms with Crippen molar-refractivity contribution in [2.24, 2.45) is 0 Å². The number of hydrogen-bond acceptors (Lipinski definition) is 7. The van der Waals surface area contributed by atoms with Gasteiger partial charge in [-0.25, -0.2) is 8.42 Å². The van der Waals surface area contributed by atoms with Gasteiger partial charge in [-0.3, -0.25) is 13.9 Å². The second kappa shape index (κ2) is 15.7. The van der Waals surface area contributed by atoms with E-state index in [0.29, 0.717) is 35.1 Å². The number of sulfonamides is 1. The Labute approximate surface area is 264 Å². The Morgan fingerprint density at radius 3 is 2.20 bits per heavy atom. The molecule has 3 rings (SSSR count). The van der Waals surface area contributed by atoms with Gasteiger partial charge in [-0.2, -0.15) is 0 Å². The number of methoxy groups -OCH3 is 2. The molecule has 0 saturated heterocycles. The van der Waals surface area contributed by atoms with E-state index in [0.717, 1.165) is 4.31 Å². The van der Waals surface area contributed by atoms with Crippen molar-refractivity contribution in [1.82, 2.24) is 10.2 Å². The molecule has 12 heteroatoms. The lowest BCUT2D eigenvalue weighted by Crippen LogP contribution is -2.52. The van der Waals surface area contributed by atoms with Gasteiger partial charge >= 0.3 is 0 Å². The molecule has 0 spiro atoms. The van der Waals surface area contributed by atoms with Crippen molar-refractivity contribution < 1.29 is 32.2 Å². The van der Waals surface area contributed by atoms with Crippen molar-refractivity contribution in [1.29, 1.82) is 0 Å². The number of halogens is 1. The van der Waals surface area contributed by atoms with Gasteiger partial charge in [0.1, 0.15) is 18.3 Å². The molecule has 44 heavy (non-hydrogen) atoms. The average Bonchev–Trinajstić information content (AvgIpc) is 3.02. The average molecular weight is 646 g/mol. The van der Waals surface area contributed by atoms with Crippen LogP contribution in [0.2, 0.25) is 5.02 Å². The molecule has 238 valence electrons. The number of nitrogens with zero attached hydrogens (tertiary/aromatic N) is 2. The maximum absolute atomic E-state index is 14.2. The van der Waals surface area contributed by atoms with Gasteiger partial charge in [0.15, 0.2) is 11.5 Å². The summed E-state index contributed by atoms with van der Waals surface area (Å²) in [5.41, 5.74) is 0.917. The third kappa shape index (κ3) is 8.57. The molecule has 0 unspecified atom stereocenters. The second-order valence-electron chi connectivity index (χ2n) is 10.1. The van der Waals surface area contributed by atoms with Crippen LogP contribution >= 0.6 is 11.6 Å². The zero-order valence-electron chi connectivity index (χ0n) is 25.9. The molecule has 0 aliphatic heterocycles. The standard InChI is InChI=1S/C32H40ClN3O7S/c1-7-22(3)34-32(38)23(4)35(20-24-10-9-11-25(33)18-24)31(37)21-36(26-12-14-27(15-13-26)43-8-2)44(39,40)28-16-17-29(41-5)30(19-28)42-6/h9-19,22-23H,7-8,20-21H2,1-6H3,(H,34,38)/t22-,23+/m1/s1. The summed E-state index contributed by atoms with van der Waals surface area (Å²) in [4.78, 5) is 28.6. The van der Waals surface area contributed by atoms with Crippen LogP contribution in [-0.4, -0.2) is 64.6 Å². The van der Waals surface area contributed by atoms with Crippen LogP contribution in [0.5, 0.6) is 17.2 Å². The molecule has 0 radical (unpaired) electrons. The molecule has 10 nitrogen and oxygen atoms in total. The molecule has 1 N–H and O–H groups in total. The topological polar surface area (TPSA) is 114 Å². The van der Waals surface area contributed by atoms with E-state index in [1.54, 1.807) is 55.5 Å². The Kier molecular flexibility index (Phi) is 12.3. The van der Waals surface area contributed by atoms with E-state index in [2.05, 4.69) is 5.32 Å². The van der Waals surface area contributed by atoms with E-state index in [1.165, 1.54) is 37.3 Å². The van der Waals surface area contributed by atoms with Gasteiger partial charge in [0.05, 0.1) is 31.4 Å². The Morgan fingerprint density at radius 1 is 0.932 bits per heavy atom. The van der Waals surface area contributed by atoms with Crippen molar-refractivity contribution in [3.8, 4) is 17.2 Å². The van der Waals surface area contributed by atoms with Crippen LogP contribution in [0.3, 0.4) is 0 Å². The van der Waals surface area contributed by atoms with E-state index in [9.17, 15) is 18.0 Å². The molecule has 2 amide bonds. The number of hydrogen-bond donors (Lipinski definition) is 1. The molecular weight excluding hydrogens is 606 g/mol. The van der Waals surface area contributed by atoms with Crippen molar-refractivity contribution in [3.05, 3.63) is 77.3 Å². The quantitative estimate of drug-likeness (QED) is 0.239. The van der Waals surface area contributed by atoms with Gasteiger partial charge < -0.3 is 24.4 Å². The highest BCUT2D eigenvalue weighted by atomic mass is 35.5. The summed E-state index contributed by atoms with van der Waals surface area (Å²) in [6, 6.07) is 16.5. The van der Waals surface area contributed by atoms with E-state index in [4.69, 9.17) is 25.8 Å². The second-order valence-corrected chi connectivity index (χ2v) is 12.4. The van der Waals surface area contributed by atoms with Crippen LogP contribution in [0.15, 0.2) is 71.6 Å². The predicted octanol–water partition coefficient (Wildman–Crippen LogP) is 5.28. The predicted molar refractivity (Wildman–Crippen MR) is 171 cm³/mol. The first-order valence-electron chi connectivity index (χ1n) is 14.3. The number of rotatable bonds is 15. The molecule has 3 aromatic carbocycles. The first-order chi connectivity index (χ1) is 20.9. The smallest absolute Gasteiger partial charge is 0.264 e. The molecule has 0 saturated carbocycles. The van der Waals surface area contributed by atoms with Crippen molar-refractivity contribution >= 4 is 39.1 Å². The van der Waals surface area contributed by atoms with Gasteiger partial charge in [0.25, 0.3) is 10.0 Å². The van der Waals surface area contributed by atoms with Crippen LogP contribution < -0.4 is 23.8 Å². The van der Waals surface area contributed by atoms with Gasteiger partial charge in [-0.05, 0) is 81.3 Å². The van der Waals surface area contributed by atoms with E-state index in [1.807, 2.05) is 20.8 Å². The number of carbonyl (C=O) groups is 2. The maximum Gasteiger partial charge on any atom is 0.264 e. The Balaban J connectivity index is 2.08. The highest BCUT2D eigenvalue weighted by Gasteiger charge is 2.33. The van der Waals surface area contributed by atoms with E-state index in [-0.39, 0.29) is 34.8 Å². The summed E-state index contributed by atoms with van der Waals surface area (Å²) in [7, 11) is -1.47. The summed E-state index contributed by atoms with van der Waals surface area (Å²) < 4.78 is 45.5. The first kappa shape index (κ1) is 34.5. The highest BCUT2D eigenvalue weighted by Crippen LogP contribution is 2.33. The summed E-state index contributed by atoms with van der Waals surface area (Å²) in [5.74, 6) is 0.164. The molecular formula is C32H40ClN3O7S. The SMILES string of the molecule is CCOc1ccc(N(CC(=O)N(Cc2cccc(Cl)c2)[C@@H](C)C(=O)N[C@H](C)CC)S(=O)(=O)c2ccc(OC)c(OC)c2)cc1. The number of nitrogens with one attached hydrogen (secondary N) is 1. The molecule has 3 aromatic rings. The zero-order chi connectivity index (χ0) is 32.4. The van der Waals surface area contributed by atoms with Crippen molar-refractivity contribution in [2.75, 3.05) is 31.7 Å². The molecule has 2 atom stereocenters. The molecule has 0 aliphatic carbocycles. The molecule has 0 aliphatic rings. The van der Waals surface area contributed by atoms with E-state index < -0.39 is 28.5 Å². The lowest BCUT2D eigenvalue weighted by Gasteiger charge is -2.32. The van der Waals surface area contributed by atoms with Crippen molar-refractivity contribution in [3.63, 3.8) is 0 Å². The molecule has 0 bridgehead atoms. The summed E-state index contributed by atoms with van der Waals surface area (Å²) in [6.07, 6.45) is 0.704. The minimum Gasteiger partial charge on any atom is -0.494 e. The maximum atomic E-state index is 14.2. The fourth-order valence-electron chi connectivity index (χ4n) is 4.39. The molecule has 0 heterocycles. The van der Waals surface area contributed by atoms with E-state index >= 15 is 0 Å². The normalized spacial score (nSPS) is 12.5. The number of amides is 2. The Hall–Kier alpha value is -3.96. The first-order valence-corrected chi connectivity index (χ1v) is 16.1. The third-order valence-corrected chi connectivity index (χ3v) is 9.07.